The third-order valence-corrected chi connectivity index (χ3v) is 4.70. The van der Waals surface area contributed by atoms with E-state index in [1.54, 1.807) is 0 Å². The second-order valence-corrected chi connectivity index (χ2v) is 6.21. The number of benzene rings is 2. The SMILES string of the molecule is NCCCCN1CCc2ccccc2C(c2ccccc2)C1. The van der Waals surface area contributed by atoms with Crippen LogP contribution in [-0.2, 0) is 6.42 Å². The quantitative estimate of drug-likeness (QED) is 0.856. The summed E-state index contributed by atoms with van der Waals surface area (Å²) >= 11 is 0. The number of hydrogen-bond acceptors (Lipinski definition) is 2. The van der Waals surface area contributed by atoms with Gasteiger partial charge in [-0.05, 0) is 49.0 Å². The highest BCUT2D eigenvalue weighted by atomic mass is 15.1. The van der Waals surface area contributed by atoms with Gasteiger partial charge < -0.3 is 10.6 Å². The number of rotatable bonds is 5. The van der Waals surface area contributed by atoms with Crippen LogP contribution >= 0.6 is 0 Å². The van der Waals surface area contributed by atoms with Crippen molar-refractivity contribution < 1.29 is 0 Å². The van der Waals surface area contributed by atoms with E-state index in [2.05, 4.69) is 59.5 Å². The summed E-state index contributed by atoms with van der Waals surface area (Å²) in [6, 6.07) is 19.9. The Morgan fingerprint density at radius 3 is 2.55 bits per heavy atom. The minimum absolute atomic E-state index is 0.484. The molecule has 0 fully saturated rings. The summed E-state index contributed by atoms with van der Waals surface area (Å²) in [7, 11) is 0. The highest BCUT2D eigenvalue weighted by Crippen LogP contribution is 2.31. The lowest BCUT2D eigenvalue weighted by Crippen LogP contribution is -2.30. The molecular formula is C20H26N2. The fourth-order valence-electron chi connectivity index (χ4n) is 3.48. The van der Waals surface area contributed by atoms with Gasteiger partial charge in [0.25, 0.3) is 0 Å². The molecule has 0 spiro atoms. The molecule has 0 radical (unpaired) electrons. The van der Waals surface area contributed by atoms with Gasteiger partial charge in [0.15, 0.2) is 0 Å². The molecule has 2 N–H and O–H groups in total. The maximum Gasteiger partial charge on any atom is 0.0220 e. The second-order valence-electron chi connectivity index (χ2n) is 6.21. The van der Waals surface area contributed by atoms with Gasteiger partial charge in [0, 0.05) is 19.0 Å². The Morgan fingerprint density at radius 1 is 0.955 bits per heavy atom. The monoisotopic (exact) mass is 294 g/mol. The summed E-state index contributed by atoms with van der Waals surface area (Å²) in [5.74, 6) is 0.484. The van der Waals surface area contributed by atoms with Crippen LogP contribution < -0.4 is 5.73 Å². The van der Waals surface area contributed by atoms with Crippen molar-refractivity contribution in [2.45, 2.75) is 25.2 Å². The van der Waals surface area contributed by atoms with E-state index >= 15 is 0 Å². The lowest BCUT2D eigenvalue weighted by atomic mass is 9.88. The van der Waals surface area contributed by atoms with Gasteiger partial charge >= 0.3 is 0 Å². The van der Waals surface area contributed by atoms with Crippen LogP contribution in [0.1, 0.15) is 35.4 Å². The number of nitrogens with zero attached hydrogens (tertiary/aromatic N) is 1. The van der Waals surface area contributed by atoms with E-state index in [0.717, 1.165) is 39.0 Å². The van der Waals surface area contributed by atoms with E-state index in [1.807, 2.05) is 0 Å². The largest absolute Gasteiger partial charge is 0.330 e. The first-order valence-corrected chi connectivity index (χ1v) is 8.43. The molecule has 0 aromatic heterocycles. The van der Waals surface area contributed by atoms with Crippen molar-refractivity contribution >= 4 is 0 Å². The third kappa shape index (κ3) is 3.57. The number of hydrogen-bond donors (Lipinski definition) is 1. The van der Waals surface area contributed by atoms with Gasteiger partial charge in [0.05, 0.1) is 0 Å². The van der Waals surface area contributed by atoms with Crippen LogP contribution in [0.4, 0.5) is 0 Å². The maximum atomic E-state index is 5.64. The van der Waals surface area contributed by atoms with E-state index in [4.69, 9.17) is 5.73 Å². The van der Waals surface area contributed by atoms with Crippen LogP contribution in [0.5, 0.6) is 0 Å². The smallest absolute Gasteiger partial charge is 0.0220 e. The maximum absolute atomic E-state index is 5.64. The van der Waals surface area contributed by atoms with Crippen LogP contribution in [0, 0.1) is 0 Å². The molecule has 116 valence electrons. The van der Waals surface area contributed by atoms with E-state index in [-0.39, 0.29) is 0 Å². The number of nitrogens with two attached hydrogens (primary N) is 1. The Labute approximate surface area is 134 Å². The van der Waals surface area contributed by atoms with Gasteiger partial charge in [0.1, 0.15) is 0 Å². The summed E-state index contributed by atoms with van der Waals surface area (Å²) in [6.45, 7) is 4.24. The molecule has 2 heteroatoms. The average Bonchev–Trinajstić information content (AvgIpc) is 2.76. The van der Waals surface area contributed by atoms with Crippen LogP contribution in [0.15, 0.2) is 54.6 Å². The van der Waals surface area contributed by atoms with Crippen LogP contribution in [0.3, 0.4) is 0 Å². The summed E-state index contributed by atoms with van der Waals surface area (Å²) in [6.07, 6.45) is 3.48. The van der Waals surface area contributed by atoms with Gasteiger partial charge in [-0.2, -0.15) is 0 Å². The van der Waals surface area contributed by atoms with Crippen molar-refractivity contribution in [2.24, 2.45) is 5.73 Å². The van der Waals surface area contributed by atoms with E-state index in [0.29, 0.717) is 5.92 Å². The predicted octanol–water partition coefficient (Wildman–Crippen LogP) is 3.42. The molecular weight excluding hydrogens is 268 g/mol. The lowest BCUT2D eigenvalue weighted by Gasteiger charge is -2.25. The Morgan fingerprint density at radius 2 is 1.73 bits per heavy atom. The van der Waals surface area contributed by atoms with Crippen molar-refractivity contribution in [1.29, 1.82) is 0 Å². The molecule has 0 aliphatic carbocycles. The highest BCUT2D eigenvalue weighted by Gasteiger charge is 2.23. The standard InChI is InChI=1S/C20H26N2/c21-13-6-7-14-22-15-12-18-10-4-5-11-19(18)20(16-22)17-8-2-1-3-9-17/h1-5,8-11,20H,6-7,12-16,21H2. The van der Waals surface area contributed by atoms with Crippen molar-refractivity contribution in [3.63, 3.8) is 0 Å². The molecule has 22 heavy (non-hydrogen) atoms. The number of fused-ring (bicyclic) bond motifs is 1. The zero-order valence-corrected chi connectivity index (χ0v) is 13.2. The molecule has 0 bridgehead atoms. The Kier molecular flexibility index (Phi) is 5.25. The molecule has 2 nitrogen and oxygen atoms in total. The molecule has 1 atom stereocenters. The average molecular weight is 294 g/mol. The molecule has 1 aliphatic heterocycles. The first kappa shape index (κ1) is 15.3. The minimum atomic E-state index is 0.484. The van der Waals surface area contributed by atoms with Gasteiger partial charge in [-0.25, -0.2) is 0 Å². The van der Waals surface area contributed by atoms with E-state index in [1.165, 1.54) is 23.1 Å². The Balaban J connectivity index is 1.85. The van der Waals surface area contributed by atoms with Crippen LogP contribution in [-0.4, -0.2) is 31.1 Å². The second kappa shape index (κ2) is 7.57. The molecule has 0 amide bonds. The fraction of sp³-hybridized carbons (Fsp3) is 0.400. The lowest BCUT2D eigenvalue weighted by molar-refractivity contribution is 0.271. The van der Waals surface area contributed by atoms with Crippen molar-refractivity contribution in [1.82, 2.24) is 4.90 Å². The van der Waals surface area contributed by atoms with Crippen molar-refractivity contribution in [2.75, 3.05) is 26.2 Å². The van der Waals surface area contributed by atoms with E-state index < -0.39 is 0 Å². The summed E-state index contributed by atoms with van der Waals surface area (Å²) in [5.41, 5.74) is 10.1. The number of unbranched alkanes of at least 4 members (excludes halogenated alkanes) is 1. The van der Waals surface area contributed by atoms with Crippen molar-refractivity contribution in [3.05, 3.63) is 71.3 Å². The van der Waals surface area contributed by atoms with Crippen molar-refractivity contribution in [3.8, 4) is 0 Å². The first-order valence-electron chi connectivity index (χ1n) is 8.43. The molecule has 0 saturated heterocycles. The zero-order chi connectivity index (χ0) is 15.2. The minimum Gasteiger partial charge on any atom is -0.330 e. The van der Waals surface area contributed by atoms with Crippen LogP contribution in [0.25, 0.3) is 0 Å². The zero-order valence-electron chi connectivity index (χ0n) is 13.2. The van der Waals surface area contributed by atoms with Crippen LogP contribution in [0.2, 0.25) is 0 Å². The normalized spacial score (nSPS) is 18.7. The summed E-state index contributed by atoms with van der Waals surface area (Å²) in [5, 5.41) is 0. The Bertz CT molecular complexity index is 579. The highest BCUT2D eigenvalue weighted by molar-refractivity contribution is 5.39. The van der Waals surface area contributed by atoms with Gasteiger partial charge in [-0.3, -0.25) is 0 Å². The van der Waals surface area contributed by atoms with E-state index in [9.17, 15) is 0 Å². The molecule has 1 unspecified atom stereocenters. The van der Waals surface area contributed by atoms with Gasteiger partial charge in [-0.1, -0.05) is 54.6 Å². The molecule has 1 aliphatic rings. The molecule has 2 aromatic carbocycles. The predicted molar refractivity (Wildman–Crippen MR) is 93.2 cm³/mol. The van der Waals surface area contributed by atoms with Gasteiger partial charge in [-0.15, -0.1) is 0 Å². The molecule has 0 saturated carbocycles. The Hall–Kier alpha value is -1.64. The first-order chi connectivity index (χ1) is 10.9. The summed E-state index contributed by atoms with van der Waals surface area (Å²) in [4.78, 5) is 2.62. The topological polar surface area (TPSA) is 29.3 Å². The summed E-state index contributed by atoms with van der Waals surface area (Å²) < 4.78 is 0. The fourth-order valence-corrected chi connectivity index (χ4v) is 3.48. The van der Waals surface area contributed by atoms with Gasteiger partial charge in [0.2, 0.25) is 0 Å². The molecule has 3 rings (SSSR count). The molecule has 1 heterocycles. The molecule has 2 aromatic rings. The third-order valence-electron chi connectivity index (χ3n) is 4.70.